The zero-order valence-electron chi connectivity index (χ0n) is 23.5. The van der Waals surface area contributed by atoms with Crippen LogP contribution in [0.25, 0.3) is 22.3 Å². The molecular formula is C22H27FN10O10P2. The molecule has 20 nitrogen and oxygen atoms in total. The lowest BCUT2D eigenvalue weighted by molar-refractivity contribution is -0.0637. The van der Waals surface area contributed by atoms with Crippen molar-refractivity contribution < 1.29 is 50.7 Å². The number of aliphatic hydroxyl groups excluding tert-OH is 1. The normalized spacial score (nSPS) is 37.7. The Balaban J connectivity index is 1.22. The van der Waals surface area contributed by atoms with Crippen LogP contribution in [-0.4, -0.2) is 108 Å². The average molecular weight is 672 g/mol. The van der Waals surface area contributed by atoms with Gasteiger partial charge in [0.1, 0.15) is 54.2 Å². The van der Waals surface area contributed by atoms with Crippen molar-refractivity contribution in [2.45, 2.75) is 49.1 Å². The molecule has 2 bridgehead atoms. The Labute approximate surface area is 252 Å². The number of halogens is 1. The number of anilines is 2. The fraction of sp³-hybridized carbons (Fsp3) is 0.545. The average Bonchev–Trinajstić information content (AvgIpc) is 3.77. The highest BCUT2D eigenvalue weighted by atomic mass is 31.2. The van der Waals surface area contributed by atoms with E-state index < -0.39 is 77.8 Å². The van der Waals surface area contributed by atoms with Gasteiger partial charge in [0.25, 0.3) is 0 Å². The van der Waals surface area contributed by atoms with E-state index >= 15 is 4.39 Å². The van der Waals surface area contributed by atoms with E-state index in [-0.39, 0.29) is 34.0 Å². The number of fused-ring (bicyclic) bond motifs is 5. The molecule has 0 aromatic carbocycles. The molecule has 3 fully saturated rings. The van der Waals surface area contributed by atoms with Crippen LogP contribution in [0.5, 0.6) is 0 Å². The van der Waals surface area contributed by atoms with Gasteiger partial charge in [-0.1, -0.05) is 0 Å². The SMILES string of the molecule is COP1(=O)OC[C@H]2O[C@@H](n3cnc4c(N)ncnc43)C(O[P@@](C)(=O)OCC3O[C@@H](n4cnc5c(N)ncnc54)C(F)C3O1)C2O. The number of alkyl halides is 1. The van der Waals surface area contributed by atoms with E-state index in [0.29, 0.717) is 0 Å². The second-order valence-corrected chi connectivity index (χ2v) is 14.1. The number of ether oxygens (including phenoxy) is 2. The third-order valence-electron chi connectivity index (χ3n) is 7.56. The Hall–Kier alpha value is -3.23. The minimum atomic E-state index is -4.55. The molecule has 4 aromatic rings. The van der Waals surface area contributed by atoms with Gasteiger partial charge in [-0.15, -0.1) is 0 Å². The van der Waals surface area contributed by atoms with Gasteiger partial charge < -0.3 is 30.6 Å². The molecule has 7 heterocycles. The summed E-state index contributed by atoms with van der Waals surface area (Å²) in [5.41, 5.74) is 12.6. The lowest BCUT2D eigenvalue weighted by Crippen LogP contribution is -2.35. The van der Waals surface area contributed by atoms with E-state index in [0.717, 1.165) is 13.8 Å². The molecule has 0 amide bonds. The lowest BCUT2D eigenvalue weighted by Gasteiger charge is -2.27. The molecule has 7 rings (SSSR count). The molecule has 0 aliphatic carbocycles. The van der Waals surface area contributed by atoms with Gasteiger partial charge in [-0.05, 0) is 0 Å². The van der Waals surface area contributed by atoms with Crippen LogP contribution in [0.1, 0.15) is 12.5 Å². The molecule has 4 aromatic heterocycles. The van der Waals surface area contributed by atoms with Crippen LogP contribution in [0.2, 0.25) is 0 Å². The summed E-state index contributed by atoms with van der Waals surface area (Å²) in [5, 5.41) is 11.2. The number of phosphoric acid groups is 1. The Kier molecular flexibility index (Phi) is 7.59. The number of phosphoric ester groups is 1. The molecule has 5 N–H and O–H groups in total. The highest BCUT2D eigenvalue weighted by Crippen LogP contribution is 2.56. The number of aromatic nitrogens is 8. The number of hydrogen-bond acceptors (Lipinski definition) is 18. The van der Waals surface area contributed by atoms with Crippen molar-refractivity contribution in [2.24, 2.45) is 0 Å². The minimum Gasteiger partial charge on any atom is -0.387 e. The predicted molar refractivity (Wildman–Crippen MR) is 148 cm³/mol. The number of aliphatic hydroxyl groups is 1. The zero-order valence-corrected chi connectivity index (χ0v) is 25.3. The second-order valence-electron chi connectivity index (χ2n) is 10.4. The van der Waals surface area contributed by atoms with Crippen molar-refractivity contribution in [1.82, 2.24) is 39.0 Å². The highest BCUT2D eigenvalue weighted by Gasteiger charge is 2.54. The molecule has 45 heavy (non-hydrogen) atoms. The van der Waals surface area contributed by atoms with Crippen molar-refractivity contribution >= 4 is 49.4 Å². The largest absolute Gasteiger partial charge is 0.475 e. The number of nitrogens with two attached hydrogens (primary N) is 2. The van der Waals surface area contributed by atoms with Crippen molar-refractivity contribution in [3.05, 3.63) is 25.3 Å². The smallest absolute Gasteiger partial charge is 0.387 e. The van der Waals surface area contributed by atoms with Crippen LogP contribution < -0.4 is 11.5 Å². The van der Waals surface area contributed by atoms with Crippen molar-refractivity contribution in [1.29, 1.82) is 0 Å². The third kappa shape index (κ3) is 5.28. The first-order valence-corrected chi connectivity index (χ1v) is 16.8. The fourth-order valence-electron chi connectivity index (χ4n) is 5.38. The summed E-state index contributed by atoms with van der Waals surface area (Å²) in [6.45, 7) is 0.00534. The first-order valence-electron chi connectivity index (χ1n) is 13.4. The maximum absolute atomic E-state index is 16.1. The first kappa shape index (κ1) is 30.4. The molecule has 0 radical (unpaired) electrons. The molecule has 10 atom stereocenters. The summed E-state index contributed by atoms with van der Waals surface area (Å²) in [5.74, 6) is 0.155. The van der Waals surface area contributed by atoms with E-state index in [2.05, 4.69) is 29.9 Å². The molecule has 0 spiro atoms. The Morgan fingerprint density at radius 1 is 0.867 bits per heavy atom. The third-order valence-corrected chi connectivity index (χ3v) is 10.2. The molecule has 0 saturated carbocycles. The molecule has 6 unspecified atom stereocenters. The molecule has 3 saturated heterocycles. The standard InChI is InChI=1S/C22H27FN10O10P2/c1-37-45(36)39-3-9-14(34)16(22(40-9)33-8-31-13-18(25)27-6-29-20(13)33)42-44(2,35)38-4-10-15(43-45)11(23)21(41-10)32-7-30-12-17(24)26-5-28-19(12)32/h5-11,14-16,21-22,34H,3-4H2,1-2H3,(H2,24,26,28)(H2,25,27,29)/t9-,10?,11?,14?,15?,16?,21-,22-,44+,45?/m1/s1. The van der Waals surface area contributed by atoms with Crippen LogP contribution in [0, 0.1) is 0 Å². The molecular weight excluding hydrogens is 645 g/mol. The number of nitrogen functional groups attached to an aromatic ring is 2. The second kappa shape index (κ2) is 11.2. The van der Waals surface area contributed by atoms with Gasteiger partial charge in [0.2, 0.25) is 0 Å². The van der Waals surface area contributed by atoms with Gasteiger partial charge in [-0.2, -0.15) is 0 Å². The summed E-state index contributed by atoms with van der Waals surface area (Å²) < 4.78 is 85.7. The lowest BCUT2D eigenvalue weighted by atomic mass is 10.1. The number of hydrogen-bond donors (Lipinski definition) is 3. The Morgan fingerprint density at radius 2 is 1.44 bits per heavy atom. The fourth-order valence-corrected chi connectivity index (χ4v) is 7.67. The summed E-state index contributed by atoms with van der Waals surface area (Å²) in [6, 6.07) is 0. The number of rotatable bonds is 3. The summed E-state index contributed by atoms with van der Waals surface area (Å²) in [4.78, 5) is 24.4. The van der Waals surface area contributed by atoms with Gasteiger partial charge >= 0.3 is 15.4 Å². The maximum Gasteiger partial charge on any atom is 0.475 e. The van der Waals surface area contributed by atoms with Crippen molar-refractivity contribution in [3.8, 4) is 0 Å². The van der Waals surface area contributed by atoms with E-state index in [1.54, 1.807) is 0 Å². The Bertz CT molecular complexity index is 1850. The summed E-state index contributed by atoms with van der Waals surface area (Å²) in [6.07, 6.45) is -6.71. The van der Waals surface area contributed by atoms with Gasteiger partial charge in [0, 0.05) is 13.8 Å². The van der Waals surface area contributed by atoms with Gasteiger partial charge in [0.15, 0.2) is 41.6 Å². The summed E-state index contributed by atoms with van der Waals surface area (Å²) >= 11 is 0. The quantitative estimate of drug-likeness (QED) is 0.253. The summed E-state index contributed by atoms with van der Waals surface area (Å²) in [7, 11) is -7.57. The monoisotopic (exact) mass is 672 g/mol. The molecule has 23 heteroatoms. The number of imidazole rings is 2. The van der Waals surface area contributed by atoms with Gasteiger partial charge in [0.05, 0.1) is 25.9 Å². The van der Waals surface area contributed by atoms with E-state index in [1.807, 2.05) is 0 Å². The van der Waals surface area contributed by atoms with Crippen LogP contribution in [-0.2, 0) is 41.2 Å². The highest BCUT2D eigenvalue weighted by molar-refractivity contribution is 7.53. The van der Waals surface area contributed by atoms with Gasteiger partial charge in [-0.3, -0.25) is 31.8 Å². The van der Waals surface area contributed by atoms with Crippen LogP contribution >= 0.6 is 15.4 Å². The first-order chi connectivity index (χ1) is 21.5. The number of nitrogens with zero attached hydrogens (tertiary/aromatic N) is 8. The predicted octanol–water partition coefficient (Wildman–Crippen LogP) is 0.719. The molecule has 242 valence electrons. The maximum atomic E-state index is 16.1. The van der Waals surface area contributed by atoms with Crippen LogP contribution in [0.4, 0.5) is 16.0 Å². The Morgan fingerprint density at radius 3 is 2.07 bits per heavy atom. The van der Waals surface area contributed by atoms with Crippen molar-refractivity contribution in [3.63, 3.8) is 0 Å². The molecule has 3 aliphatic rings. The minimum absolute atomic E-state index is 0.0626. The molecule has 3 aliphatic heterocycles. The van der Waals surface area contributed by atoms with E-state index in [1.165, 1.54) is 34.4 Å². The topological polar surface area (TPSA) is 258 Å². The van der Waals surface area contributed by atoms with Gasteiger partial charge in [-0.25, -0.2) is 38.9 Å². The zero-order chi connectivity index (χ0) is 31.7. The van der Waals surface area contributed by atoms with Crippen LogP contribution in [0.3, 0.4) is 0 Å². The van der Waals surface area contributed by atoms with Crippen molar-refractivity contribution in [2.75, 3.05) is 38.5 Å². The van der Waals surface area contributed by atoms with E-state index in [9.17, 15) is 14.2 Å². The van der Waals surface area contributed by atoms with Crippen LogP contribution in [0.15, 0.2) is 25.3 Å². The van der Waals surface area contributed by atoms with E-state index in [4.69, 9.17) is 43.6 Å².